The molecule has 0 amide bonds. The third-order valence-electron chi connectivity index (χ3n) is 8.13. The highest BCUT2D eigenvalue weighted by atomic mass is 32.2. The second-order valence-electron chi connectivity index (χ2n) is 11.3. The maximum atomic E-state index is 4.64. The lowest BCUT2D eigenvalue weighted by Crippen LogP contribution is -2.30. The van der Waals surface area contributed by atoms with E-state index in [-0.39, 0.29) is 0 Å². The van der Waals surface area contributed by atoms with Crippen LogP contribution in [0.2, 0.25) is 0 Å². The zero-order valence-electron chi connectivity index (χ0n) is 24.6. The number of unbranched alkanes of at least 4 members (excludes halogenated alkanes) is 1. The molecule has 0 bridgehead atoms. The first-order valence-electron chi connectivity index (χ1n) is 15.3. The molecule has 0 saturated carbocycles. The van der Waals surface area contributed by atoms with Crippen LogP contribution in [0.25, 0.3) is 22.3 Å². The average Bonchev–Trinajstić information content (AvgIpc) is 3.68. The Bertz CT molecular complexity index is 1270. The van der Waals surface area contributed by atoms with Crippen molar-refractivity contribution in [2.75, 3.05) is 48.2 Å². The van der Waals surface area contributed by atoms with Crippen LogP contribution in [0.1, 0.15) is 65.2 Å². The first kappa shape index (κ1) is 28.6. The predicted molar refractivity (Wildman–Crippen MR) is 173 cm³/mol. The molecular formula is C33H46N6S. The number of rotatable bonds is 12. The molecule has 2 fully saturated rings. The van der Waals surface area contributed by atoms with Crippen molar-refractivity contribution in [2.45, 2.75) is 65.2 Å². The van der Waals surface area contributed by atoms with Gasteiger partial charge in [0.2, 0.25) is 0 Å². The molecule has 2 aromatic heterocycles. The van der Waals surface area contributed by atoms with E-state index < -0.39 is 0 Å². The molecule has 5 rings (SSSR count). The van der Waals surface area contributed by atoms with Crippen LogP contribution in [0.15, 0.2) is 60.6 Å². The molecule has 40 heavy (non-hydrogen) atoms. The van der Waals surface area contributed by atoms with Gasteiger partial charge in [0.15, 0.2) is 0 Å². The Morgan fingerprint density at radius 2 is 1.80 bits per heavy atom. The lowest BCUT2D eigenvalue weighted by molar-refractivity contribution is 0.434. The predicted octanol–water partition coefficient (Wildman–Crippen LogP) is 8.06. The highest BCUT2D eigenvalue weighted by Crippen LogP contribution is 2.32. The Labute approximate surface area is 245 Å². The minimum absolute atomic E-state index is 0.560. The van der Waals surface area contributed by atoms with E-state index in [1.54, 1.807) is 6.33 Å². The summed E-state index contributed by atoms with van der Waals surface area (Å²) in [6, 6.07) is 11.1. The van der Waals surface area contributed by atoms with E-state index in [1.165, 1.54) is 75.0 Å². The molecule has 2 aliphatic rings. The number of piperidine rings is 1. The molecular weight excluding hydrogens is 512 g/mol. The van der Waals surface area contributed by atoms with E-state index in [0.717, 1.165) is 47.8 Å². The number of anilines is 2. The normalized spacial score (nSPS) is 17.3. The van der Waals surface area contributed by atoms with E-state index in [9.17, 15) is 0 Å². The summed E-state index contributed by atoms with van der Waals surface area (Å²) >= 11 is 1.90. The summed E-state index contributed by atoms with van der Waals surface area (Å²) in [6.45, 7) is 9.17. The maximum absolute atomic E-state index is 4.64. The largest absolute Gasteiger partial charge is 0.372 e. The van der Waals surface area contributed by atoms with Crippen molar-refractivity contribution < 1.29 is 0 Å². The summed E-state index contributed by atoms with van der Waals surface area (Å²) in [6.07, 6.45) is 18.9. The van der Waals surface area contributed by atoms with Crippen molar-refractivity contribution >= 4 is 34.5 Å². The van der Waals surface area contributed by atoms with Crippen LogP contribution < -0.4 is 9.21 Å². The Hall–Kier alpha value is -2.93. The summed E-state index contributed by atoms with van der Waals surface area (Å²) in [5.74, 6) is 2.72. The summed E-state index contributed by atoms with van der Waals surface area (Å²) in [7, 11) is 2.17. The topological polar surface area (TPSA) is 51.3 Å². The van der Waals surface area contributed by atoms with Crippen molar-refractivity contribution in [1.82, 2.24) is 19.9 Å². The number of hydrogen-bond acceptors (Lipinski definition) is 6. The van der Waals surface area contributed by atoms with Crippen molar-refractivity contribution in [1.29, 1.82) is 0 Å². The number of allylic oxidation sites excluding steroid dienone is 3. The van der Waals surface area contributed by atoms with Crippen LogP contribution in [0.3, 0.4) is 0 Å². The third kappa shape index (κ3) is 7.22. The Kier molecular flexibility index (Phi) is 10.1. The number of nitrogens with one attached hydrogen (secondary N) is 1. The van der Waals surface area contributed by atoms with Gasteiger partial charge >= 0.3 is 0 Å². The van der Waals surface area contributed by atoms with Gasteiger partial charge in [-0.05, 0) is 80.7 Å². The number of hydrogen-bond donors (Lipinski definition) is 1. The minimum Gasteiger partial charge on any atom is -0.372 e. The van der Waals surface area contributed by atoms with Crippen LogP contribution in [0.4, 0.5) is 11.5 Å². The van der Waals surface area contributed by atoms with Gasteiger partial charge in [-0.15, -0.1) is 0 Å². The van der Waals surface area contributed by atoms with Crippen molar-refractivity contribution in [3.63, 3.8) is 0 Å². The van der Waals surface area contributed by atoms with Crippen LogP contribution in [-0.4, -0.2) is 58.8 Å². The first-order valence-corrected chi connectivity index (χ1v) is 16.3. The molecule has 7 heteroatoms. The minimum atomic E-state index is 0.560. The molecule has 1 atom stereocenters. The molecule has 6 nitrogen and oxygen atoms in total. The fraction of sp³-hybridized carbons (Fsp3) is 0.515. The van der Waals surface area contributed by atoms with Crippen LogP contribution >= 0.6 is 11.9 Å². The number of benzene rings is 1. The molecule has 4 heterocycles. The van der Waals surface area contributed by atoms with Gasteiger partial charge < -0.3 is 19.1 Å². The van der Waals surface area contributed by atoms with Crippen LogP contribution in [-0.2, 0) is 0 Å². The number of likely N-dealkylation sites (tertiary alicyclic amines) is 1. The van der Waals surface area contributed by atoms with Crippen LogP contribution in [0.5, 0.6) is 0 Å². The summed E-state index contributed by atoms with van der Waals surface area (Å²) in [5, 5.41) is 1.12. The third-order valence-corrected chi connectivity index (χ3v) is 9.15. The van der Waals surface area contributed by atoms with E-state index in [1.807, 2.05) is 11.9 Å². The summed E-state index contributed by atoms with van der Waals surface area (Å²) in [4.78, 5) is 17.7. The van der Waals surface area contributed by atoms with Crippen molar-refractivity contribution in [3.8, 4) is 11.3 Å². The van der Waals surface area contributed by atoms with E-state index in [2.05, 4.69) is 98.5 Å². The van der Waals surface area contributed by atoms with Gasteiger partial charge in [-0.3, -0.25) is 0 Å². The number of aromatic amines is 1. The highest BCUT2D eigenvalue weighted by Gasteiger charge is 2.18. The summed E-state index contributed by atoms with van der Waals surface area (Å²) in [5.41, 5.74) is 5.84. The van der Waals surface area contributed by atoms with Gasteiger partial charge in [0.05, 0.1) is 5.39 Å². The average molecular weight is 559 g/mol. The zero-order valence-corrected chi connectivity index (χ0v) is 25.4. The first-order chi connectivity index (χ1) is 19.6. The quantitative estimate of drug-likeness (QED) is 0.179. The SMILES string of the molecule is CCC/C=C\C(=C/C(C)CCSN(C)c1ccc(-c2cc3c(N4CCCCC4)ncnc3[nH]2)cc1)N1CCCC1. The van der Waals surface area contributed by atoms with Crippen molar-refractivity contribution in [2.24, 2.45) is 5.92 Å². The summed E-state index contributed by atoms with van der Waals surface area (Å²) < 4.78 is 2.30. The van der Waals surface area contributed by atoms with Crippen molar-refractivity contribution in [3.05, 3.63) is 60.6 Å². The molecule has 2 aliphatic heterocycles. The standard InChI is InChI=1S/C33H46N6S/c1-4-5-7-12-29(38-18-10-11-19-38)23-26(2)17-22-40-37(3)28-15-13-27(14-16-28)31-24-30-32(36-31)34-25-35-33(30)39-20-8-6-9-21-39/h7,12-16,23-26H,4-6,8-11,17-22H2,1-3H3,(H,34,35,36)/b12-7-,29-23+. The van der Waals surface area contributed by atoms with Gasteiger partial charge in [-0.1, -0.05) is 56.5 Å². The molecule has 1 aromatic carbocycles. The second kappa shape index (κ2) is 14.1. The number of aromatic nitrogens is 3. The lowest BCUT2D eigenvalue weighted by Gasteiger charge is -2.27. The Morgan fingerprint density at radius 1 is 1.05 bits per heavy atom. The Morgan fingerprint density at radius 3 is 2.55 bits per heavy atom. The monoisotopic (exact) mass is 558 g/mol. The lowest BCUT2D eigenvalue weighted by atomic mass is 10.1. The molecule has 2 saturated heterocycles. The second-order valence-corrected chi connectivity index (χ2v) is 12.5. The smallest absolute Gasteiger partial charge is 0.143 e. The number of nitrogens with zero attached hydrogens (tertiary/aromatic N) is 5. The molecule has 0 aliphatic carbocycles. The van der Waals surface area contributed by atoms with Gasteiger partial charge in [-0.25, -0.2) is 9.97 Å². The van der Waals surface area contributed by atoms with Gasteiger partial charge in [0.1, 0.15) is 17.8 Å². The van der Waals surface area contributed by atoms with Crippen LogP contribution in [0, 0.1) is 5.92 Å². The fourth-order valence-electron chi connectivity index (χ4n) is 5.73. The molecule has 214 valence electrons. The van der Waals surface area contributed by atoms with Gasteiger partial charge in [0.25, 0.3) is 0 Å². The molecule has 1 N–H and O–H groups in total. The van der Waals surface area contributed by atoms with E-state index in [4.69, 9.17) is 0 Å². The van der Waals surface area contributed by atoms with E-state index >= 15 is 0 Å². The molecule has 1 unspecified atom stereocenters. The molecule has 0 radical (unpaired) electrons. The van der Waals surface area contributed by atoms with Gasteiger partial charge in [-0.2, -0.15) is 0 Å². The zero-order chi connectivity index (χ0) is 27.7. The highest BCUT2D eigenvalue weighted by molar-refractivity contribution is 8.00. The molecule has 3 aromatic rings. The van der Waals surface area contributed by atoms with E-state index in [0.29, 0.717) is 5.92 Å². The Balaban J connectivity index is 1.17. The van der Waals surface area contributed by atoms with Gasteiger partial charge in [0, 0.05) is 56.1 Å². The number of H-pyrrole nitrogens is 1. The maximum Gasteiger partial charge on any atom is 0.143 e. The molecule has 0 spiro atoms. The fourth-order valence-corrected chi connectivity index (χ4v) is 6.75. The number of fused-ring (bicyclic) bond motifs is 1.